The zero-order chi connectivity index (χ0) is 9.10. The molecular formula is C7H13N5O. The minimum atomic E-state index is 0.379. The third-order valence-electron chi connectivity index (χ3n) is 2.40. The number of methoxy groups -OCH3 is 1. The molecule has 2 atom stereocenters. The number of anilines is 1. The van der Waals surface area contributed by atoms with Gasteiger partial charge in [0.1, 0.15) is 0 Å². The molecule has 0 spiro atoms. The van der Waals surface area contributed by atoms with Crippen LogP contribution in [-0.2, 0) is 4.74 Å². The fourth-order valence-electron chi connectivity index (χ4n) is 1.69. The van der Waals surface area contributed by atoms with Gasteiger partial charge in [-0.3, -0.25) is 0 Å². The highest BCUT2D eigenvalue weighted by Gasteiger charge is 2.24. The number of aromatic amines is 1. The summed E-state index contributed by atoms with van der Waals surface area (Å²) in [5.41, 5.74) is 0. The van der Waals surface area contributed by atoms with Crippen LogP contribution in [0.4, 0.5) is 5.95 Å². The van der Waals surface area contributed by atoms with E-state index in [0.717, 1.165) is 19.3 Å². The Morgan fingerprint density at radius 1 is 1.54 bits per heavy atom. The Morgan fingerprint density at radius 3 is 3.08 bits per heavy atom. The van der Waals surface area contributed by atoms with Gasteiger partial charge in [0.25, 0.3) is 5.95 Å². The highest BCUT2D eigenvalue weighted by Crippen LogP contribution is 2.23. The van der Waals surface area contributed by atoms with Crippen molar-refractivity contribution in [3.05, 3.63) is 0 Å². The summed E-state index contributed by atoms with van der Waals surface area (Å²) in [4.78, 5) is 0. The fourth-order valence-corrected chi connectivity index (χ4v) is 1.69. The van der Waals surface area contributed by atoms with Gasteiger partial charge in [0.2, 0.25) is 0 Å². The molecule has 6 nitrogen and oxygen atoms in total. The summed E-state index contributed by atoms with van der Waals surface area (Å²) in [6.07, 6.45) is 3.61. The molecule has 0 bridgehead atoms. The van der Waals surface area contributed by atoms with E-state index >= 15 is 0 Å². The first-order chi connectivity index (χ1) is 6.38. The van der Waals surface area contributed by atoms with Crippen molar-refractivity contribution in [2.24, 2.45) is 0 Å². The number of nitrogens with zero attached hydrogens (tertiary/aromatic N) is 3. The zero-order valence-electron chi connectivity index (χ0n) is 7.53. The number of aromatic nitrogens is 4. The average Bonchev–Trinajstić information content (AvgIpc) is 2.76. The lowest BCUT2D eigenvalue weighted by molar-refractivity contribution is 0.108. The molecular weight excluding hydrogens is 170 g/mol. The van der Waals surface area contributed by atoms with Gasteiger partial charge in [0.05, 0.1) is 6.10 Å². The van der Waals surface area contributed by atoms with Crippen LogP contribution in [0.1, 0.15) is 19.3 Å². The smallest absolute Gasteiger partial charge is 0.263 e. The third kappa shape index (κ3) is 1.95. The number of nitrogens with one attached hydrogen (secondary N) is 2. The molecule has 2 unspecified atom stereocenters. The quantitative estimate of drug-likeness (QED) is 0.699. The Bertz CT molecular complexity index is 249. The van der Waals surface area contributed by atoms with Gasteiger partial charge in [0, 0.05) is 13.2 Å². The van der Waals surface area contributed by atoms with Crippen molar-refractivity contribution in [3.63, 3.8) is 0 Å². The monoisotopic (exact) mass is 183 g/mol. The van der Waals surface area contributed by atoms with E-state index < -0.39 is 0 Å². The van der Waals surface area contributed by atoms with Crippen LogP contribution in [0.25, 0.3) is 0 Å². The predicted molar refractivity (Wildman–Crippen MR) is 46.2 cm³/mol. The molecule has 6 heteroatoms. The van der Waals surface area contributed by atoms with E-state index in [-0.39, 0.29) is 0 Å². The Labute approximate surface area is 76.1 Å². The van der Waals surface area contributed by atoms with Crippen LogP contribution in [0.15, 0.2) is 0 Å². The molecule has 72 valence electrons. The predicted octanol–water partition coefficient (Wildman–Crippen LogP) is 0.179. The maximum absolute atomic E-state index is 5.26. The number of hydrogen-bond donors (Lipinski definition) is 2. The van der Waals surface area contributed by atoms with Crippen LogP contribution in [0, 0.1) is 0 Å². The van der Waals surface area contributed by atoms with E-state index in [0.29, 0.717) is 18.1 Å². The first-order valence-corrected chi connectivity index (χ1v) is 4.41. The van der Waals surface area contributed by atoms with E-state index in [1.165, 1.54) is 0 Å². The number of rotatable bonds is 3. The van der Waals surface area contributed by atoms with Crippen molar-refractivity contribution in [2.45, 2.75) is 31.4 Å². The average molecular weight is 183 g/mol. The van der Waals surface area contributed by atoms with Gasteiger partial charge in [0.15, 0.2) is 0 Å². The Balaban J connectivity index is 1.84. The molecule has 1 aliphatic carbocycles. The second-order valence-electron chi connectivity index (χ2n) is 3.25. The standard InChI is InChI=1S/C7H13N5O/c1-13-6-3-2-5(4-6)8-7-9-11-12-10-7/h5-6H,2-4H2,1H3,(H2,8,9,10,11,12). The van der Waals surface area contributed by atoms with Crippen molar-refractivity contribution < 1.29 is 4.74 Å². The molecule has 1 aliphatic rings. The van der Waals surface area contributed by atoms with E-state index in [2.05, 4.69) is 25.9 Å². The lowest BCUT2D eigenvalue weighted by Crippen LogP contribution is -2.18. The molecule has 1 fully saturated rings. The molecule has 1 aromatic rings. The number of tetrazole rings is 1. The van der Waals surface area contributed by atoms with Crippen LogP contribution < -0.4 is 5.32 Å². The summed E-state index contributed by atoms with van der Waals surface area (Å²) in [6.45, 7) is 0. The molecule has 1 aromatic heterocycles. The molecule has 0 radical (unpaired) electrons. The molecule has 2 rings (SSSR count). The van der Waals surface area contributed by atoms with Crippen molar-refractivity contribution in [1.29, 1.82) is 0 Å². The summed E-state index contributed by atoms with van der Waals surface area (Å²) in [5.74, 6) is 0.571. The Morgan fingerprint density at radius 2 is 2.46 bits per heavy atom. The largest absolute Gasteiger partial charge is 0.381 e. The minimum Gasteiger partial charge on any atom is -0.381 e. The number of H-pyrrole nitrogens is 1. The van der Waals surface area contributed by atoms with Gasteiger partial charge in [-0.25, -0.2) is 0 Å². The van der Waals surface area contributed by atoms with E-state index in [9.17, 15) is 0 Å². The van der Waals surface area contributed by atoms with Crippen LogP contribution in [0.2, 0.25) is 0 Å². The molecule has 0 saturated heterocycles. The minimum absolute atomic E-state index is 0.379. The molecule has 0 aromatic carbocycles. The molecule has 0 aliphatic heterocycles. The van der Waals surface area contributed by atoms with Crippen molar-refractivity contribution >= 4 is 5.95 Å². The van der Waals surface area contributed by atoms with Crippen LogP contribution in [-0.4, -0.2) is 39.9 Å². The van der Waals surface area contributed by atoms with Crippen LogP contribution >= 0.6 is 0 Å². The van der Waals surface area contributed by atoms with Crippen molar-refractivity contribution in [2.75, 3.05) is 12.4 Å². The lowest BCUT2D eigenvalue weighted by Gasteiger charge is -2.09. The Kier molecular flexibility index (Phi) is 2.40. The first-order valence-electron chi connectivity index (χ1n) is 4.41. The van der Waals surface area contributed by atoms with Gasteiger partial charge in [-0.15, -0.1) is 5.10 Å². The Hall–Kier alpha value is -1.17. The van der Waals surface area contributed by atoms with Gasteiger partial charge in [-0.2, -0.15) is 5.21 Å². The molecule has 2 N–H and O–H groups in total. The zero-order valence-corrected chi connectivity index (χ0v) is 7.53. The molecule has 0 amide bonds. The summed E-state index contributed by atoms with van der Waals surface area (Å²) in [7, 11) is 1.75. The van der Waals surface area contributed by atoms with Gasteiger partial charge >= 0.3 is 0 Å². The van der Waals surface area contributed by atoms with Gasteiger partial charge in [-0.1, -0.05) is 5.10 Å². The normalized spacial score (nSPS) is 27.8. The maximum atomic E-state index is 5.26. The lowest BCUT2D eigenvalue weighted by atomic mass is 10.2. The van der Waals surface area contributed by atoms with E-state index in [1.807, 2.05) is 0 Å². The highest BCUT2D eigenvalue weighted by molar-refractivity contribution is 5.21. The van der Waals surface area contributed by atoms with Crippen molar-refractivity contribution in [3.8, 4) is 0 Å². The molecule has 1 heterocycles. The summed E-state index contributed by atoms with van der Waals surface area (Å²) >= 11 is 0. The maximum Gasteiger partial charge on any atom is 0.263 e. The first kappa shape index (κ1) is 8.43. The second kappa shape index (κ2) is 3.69. The SMILES string of the molecule is COC1CCC(Nc2nn[nH]n2)C1. The summed E-state index contributed by atoms with van der Waals surface area (Å²) in [6, 6.07) is 0.419. The number of ether oxygens (including phenoxy) is 1. The number of hydrogen-bond acceptors (Lipinski definition) is 5. The summed E-state index contributed by atoms with van der Waals surface area (Å²) in [5, 5.41) is 16.7. The van der Waals surface area contributed by atoms with Crippen LogP contribution in [0.5, 0.6) is 0 Å². The van der Waals surface area contributed by atoms with Gasteiger partial charge in [-0.05, 0) is 24.5 Å². The topological polar surface area (TPSA) is 75.7 Å². The highest BCUT2D eigenvalue weighted by atomic mass is 16.5. The van der Waals surface area contributed by atoms with Crippen molar-refractivity contribution in [1.82, 2.24) is 20.6 Å². The summed E-state index contributed by atoms with van der Waals surface area (Å²) < 4.78 is 5.26. The molecule has 13 heavy (non-hydrogen) atoms. The van der Waals surface area contributed by atoms with E-state index in [4.69, 9.17) is 4.74 Å². The molecule has 1 saturated carbocycles. The van der Waals surface area contributed by atoms with Crippen LogP contribution in [0.3, 0.4) is 0 Å². The van der Waals surface area contributed by atoms with Gasteiger partial charge < -0.3 is 10.1 Å². The third-order valence-corrected chi connectivity index (χ3v) is 2.40. The van der Waals surface area contributed by atoms with E-state index in [1.54, 1.807) is 7.11 Å². The fraction of sp³-hybridized carbons (Fsp3) is 0.857. The second-order valence-corrected chi connectivity index (χ2v) is 3.25.